The van der Waals surface area contributed by atoms with Crippen LogP contribution in [0.2, 0.25) is 0 Å². The minimum Gasteiger partial charge on any atom is -0.358 e. The first kappa shape index (κ1) is 11.9. The van der Waals surface area contributed by atoms with Gasteiger partial charge in [-0.05, 0) is 32.2 Å². The number of rotatable bonds is 2. The van der Waals surface area contributed by atoms with Crippen LogP contribution < -0.4 is 5.32 Å². The standard InChI is InChI=1S/C13H24N2O/c1-14-13(16)12-9-5-6-10-15(12)11-7-3-2-4-8-11/h11-12H,2-10H2,1H3,(H,14,16)/t12-/m0/s1. The van der Waals surface area contributed by atoms with E-state index in [0.29, 0.717) is 6.04 Å². The van der Waals surface area contributed by atoms with E-state index in [1.54, 1.807) is 7.05 Å². The van der Waals surface area contributed by atoms with Crippen molar-refractivity contribution in [2.24, 2.45) is 0 Å². The van der Waals surface area contributed by atoms with Gasteiger partial charge in [0.15, 0.2) is 0 Å². The van der Waals surface area contributed by atoms with Gasteiger partial charge in [-0.25, -0.2) is 0 Å². The van der Waals surface area contributed by atoms with Crippen molar-refractivity contribution in [1.82, 2.24) is 10.2 Å². The van der Waals surface area contributed by atoms with Crippen LogP contribution in [-0.4, -0.2) is 36.5 Å². The number of likely N-dealkylation sites (tertiary alicyclic amines) is 1. The molecule has 2 rings (SSSR count). The molecule has 1 heterocycles. The molecule has 2 fully saturated rings. The fourth-order valence-corrected chi connectivity index (χ4v) is 3.25. The molecule has 0 radical (unpaired) electrons. The Kier molecular flexibility index (Phi) is 4.22. The van der Waals surface area contributed by atoms with E-state index in [1.165, 1.54) is 44.9 Å². The highest BCUT2D eigenvalue weighted by atomic mass is 16.2. The van der Waals surface area contributed by atoms with Gasteiger partial charge in [0.25, 0.3) is 0 Å². The molecule has 0 bridgehead atoms. The van der Waals surface area contributed by atoms with Crippen LogP contribution in [0.3, 0.4) is 0 Å². The monoisotopic (exact) mass is 224 g/mol. The van der Waals surface area contributed by atoms with E-state index < -0.39 is 0 Å². The van der Waals surface area contributed by atoms with Crippen molar-refractivity contribution >= 4 is 5.91 Å². The van der Waals surface area contributed by atoms with Gasteiger partial charge >= 0.3 is 0 Å². The molecular formula is C13H24N2O. The molecule has 0 spiro atoms. The van der Waals surface area contributed by atoms with E-state index >= 15 is 0 Å². The van der Waals surface area contributed by atoms with E-state index in [1.807, 2.05) is 0 Å². The maximum atomic E-state index is 11.9. The maximum Gasteiger partial charge on any atom is 0.237 e. The highest BCUT2D eigenvalue weighted by Gasteiger charge is 2.33. The van der Waals surface area contributed by atoms with E-state index in [-0.39, 0.29) is 11.9 Å². The molecule has 0 aromatic rings. The van der Waals surface area contributed by atoms with Crippen molar-refractivity contribution in [3.8, 4) is 0 Å². The number of hydrogen-bond donors (Lipinski definition) is 1. The van der Waals surface area contributed by atoms with Crippen molar-refractivity contribution in [1.29, 1.82) is 0 Å². The molecule has 1 atom stereocenters. The van der Waals surface area contributed by atoms with Gasteiger partial charge in [-0.3, -0.25) is 9.69 Å². The first-order valence-electron chi connectivity index (χ1n) is 6.80. The van der Waals surface area contributed by atoms with Crippen LogP contribution in [0, 0.1) is 0 Å². The molecule has 16 heavy (non-hydrogen) atoms. The normalized spacial score (nSPS) is 28.9. The zero-order chi connectivity index (χ0) is 11.4. The van der Waals surface area contributed by atoms with Crippen molar-refractivity contribution in [2.45, 2.75) is 63.5 Å². The average molecular weight is 224 g/mol. The largest absolute Gasteiger partial charge is 0.358 e. The second-order valence-electron chi connectivity index (χ2n) is 5.16. The van der Waals surface area contributed by atoms with E-state index in [2.05, 4.69) is 10.2 Å². The molecule has 2 aliphatic rings. The molecule has 1 aliphatic heterocycles. The van der Waals surface area contributed by atoms with Crippen LogP contribution in [0.25, 0.3) is 0 Å². The Morgan fingerprint density at radius 2 is 1.75 bits per heavy atom. The highest BCUT2D eigenvalue weighted by Crippen LogP contribution is 2.28. The topological polar surface area (TPSA) is 32.3 Å². The van der Waals surface area contributed by atoms with Gasteiger partial charge in [-0.2, -0.15) is 0 Å². The first-order valence-corrected chi connectivity index (χ1v) is 6.80. The van der Waals surface area contributed by atoms with Crippen LogP contribution in [0.15, 0.2) is 0 Å². The molecule has 1 saturated carbocycles. The van der Waals surface area contributed by atoms with Gasteiger partial charge in [0.1, 0.15) is 0 Å². The maximum absolute atomic E-state index is 11.9. The third-order valence-electron chi connectivity index (χ3n) is 4.14. The van der Waals surface area contributed by atoms with Gasteiger partial charge in [0, 0.05) is 13.1 Å². The molecule has 1 N–H and O–H groups in total. The van der Waals surface area contributed by atoms with Gasteiger partial charge < -0.3 is 5.32 Å². The number of nitrogens with zero attached hydrogens (tertiary/aromatic N) is 1. The zero-order valence-corrected chi connectivity index (χ0v) is 10.4. The minimum atomic E-state index is 0.154. The fraction of sp³-hybridized carbons (Fsp3) is 0.923. The lowest BCUT2D eigenvalue weighted by Crippen LogP contribution is -2.53. The molecule has 3 heteroatoms. The average Bonchev–Trinajstić information content (AvgIpc) is 2.39. The summed E-state index contributed by atoms with van der Waals surface area (Å²) in [7, 11) is 1.76. The summed E-state index contributed by atoms with van der Waals surface area (Å²) in [6.07, 6.45) is 10.2. The van der Waals surface area contributed by atoms with Gasteiger partial charge in [-0.1, -0.05) is 25.7 Å². The SMILES string of the molecule is CNC(=O)[C@@H]1CCCCN1C1CCCCC1. The summed E-state index contributed by atoms with van der Waals surface area (Å²) >= 11 is 0. The molecule has 0 aromatic heterocycles. The Morgan fingerprint density at radius 3 is 2.44 bits per heavy atom. The Balaban J connectivity index is 2.00. The van der Waals surface area contributed by atoms with Gasteiger partial charge in [0.2, 0.25) is 5.91 Å². The number of amides is 1. The number of piperidine rings is 1. The van der Waals surface area contributed by atoms with Crippen molar-refractivity contribution in [2.75, 3.05) is 13.6 Å². The molecule has 3 nitrogen and oxygen atoms in total. The molecule has 92 valence electrons. The second-order valence-corrected chi connectivity index (χ2v) is 5.16. The lowest BCUT2D eigenvalue weighted by Gasteiger charge is -2.41. The first-order chi connectivity index (χ1) is 7.83. The Morgan fingerprint density at radius 1 is 1.06 bits per heavy atom. The minimum absolute atomic E-state index is 0.154. The molecule has 1 aliphatic carbocycles. The quantitative estimate of drug-likeness (QED) is 0.777. The summed E-state index contributed by atoms with van der Waals surface area (Å²) in [5, 5.41) is 2.82. The molecular weight excluding hydrogens is 200 g/mol. The Hall–Kier alpha value is -0.570. The third kappa shape index (κ3) is 2.57. The summed E-state index contributed by atoms with van der Waals surface area (Å²) in [6, 6.07) is 0.832. The van der Waals surface area contributed by atoms with E-state index in [0.717, 1.165) is 13.0 Å². The third-order valence-corrected chi connectivity index (χ3v) is 4.14. The Bertz CT molecular complexity index is 236. The van der Waals surface area contributed by atoms with Crippen molar-refractivity contribution < 1.29 is 4.79 Å². The lowest BCUT2D eigenvalue weighted by molar-refractivity contribution is -0.128. The zero-order valence-electron chi connectivity index (χ0n) is 10.4. The van der Waals surface area contributed by atoms with Crippen LogP contribution >= 0.6 is 0 Å². The van der Waals surface area contributed by atoms with Crippen molar-refractivity contribution in [3.63, 3.8) is 0 Å². The van der Waals surface area contributed by atoms with Crippen LogP contribution in [0.1, 0.15) is 51.4 Å². The van der Waals surface area contributed by atoms with Crippen LogP contribution in [-0.2, 0) is 4.79 Å². The smallest absolute Gasteiger partial charge is 0.237 e. The predicted octanol–water partition coefficient (Wildman–Crippen LogP) is 1.92. The van der Waals surface area contributed by atoms with Crippen LogP contribution in [0.5, 0.6) is 0 Å². The molecule has 0 unspecified atom stereocenters. The van der Waals surface area contributed by atoms with E-state index in [9.17, 15) is 4.79 Å². The second kappa shape index (κ2) is 5.67. The number of carbonyl (C=O) groups is 1. The summed E-state index contributed by atoms with van der Waals surface area (Å²) in [4.78, 5) is 14.4. The Labute approximate surface area is 98.6 Å². The van der Waals surface area contributed by atoms with E-state index in [4.69, 9.17) is 0 Å². The van der Waals surface area contributed by atoms with Gasteiger partial charge in [0.05, 0.1) is 6.04 Å². The van der Waals surface area contributed by atoms with Crippen molar-refractivity contribution in [3.05, 3.63) is 0 Å². The van der Waals surface area contributed by atoms with Crippen LogP contribution in [0.4, 0.5) is 0 Å². The molecule has 1 amide bonds. The fourth-order valence-electron chi connectivity index (χ4n) is 3.25. The number of likely N-dealkylation sites (N-methyl/N-ethyl adjacent to an activating group) is 1. The number of carbonyl (C=O) groups excluding carboxylic acids is 1. The summed E-state index contributed by atoms with van der Waals surface area (Å²) in [5.41, 5.74) is 0. The summed E-state index contributed by atoms with van der Waals surface area (Å²) in [6.45, 7) is 1.13. The summed E-state index contributed by atoms with van der Waals surface area (Å²) < 4.78 is 0. The lowest BCUT2D eigenvalue weighted by atomic mass is 9.90. The number of nitrogens with one attached hydrogen (secondary N) is 1. The molecule has 1 saturated heterocycles. The molecule has 0 aromatic carbocycles. The predicted molar refractivity (Wildman–Crippen MR) is 65.3 cm³/mol. The number of hydrogen-bond acceptors (Lipinski definition) is 2. The highest BCUT2D eigenvalue weighted by molar-refractivity contribution is 5.81. The van der Waals surface area contributed by atoms with Gasteiger partial charge in [-0.15, -0.1) is 0 Å². The summed E-state index contributed by atoms with van der Waals surface area (Å²) in [5.74, 6) is 0.227.